The maximum atomic E-state index is 13.1. The molecule has 0 fully saturated rings. The van der Waals surface area contributed by atoms with Gasteiger partial charge in [0.05, 0.1) is 11.7 Å². The predicted molar refractivity (Wildman–Crippen MR) is 134 cm³/mol. The number of amides is 1. The van der Waals surface area contributed by atoms with E-state index < -0.39 is 11.9 Å². The Hall–Kier alpha value is -3.65. The molecule has 2 aromatic carbocycles. The van der Waals surface area contributed by atoms with Crippen molar-refractivity contribution in [1.82, 2.24) is 25.5 Å². The maximum Gasteiger partial charge on any atom is 0.244 e. The smallest absolute Gasteiger partial charge is 0.244 e. The van der Waals surface area contributed by atoms with Gasteiger partial charge in [-0.3, -0.25) is 14.4 Å². The summed E-state index contributed by atoms with van der Waals surface area (Å²) in [5.74, 6) is -0.535. The maximum absolute atomic E-state index is 13.1. The standard InChI is InChI=1S/C26H28ClN5O3/c1-17(33)19-7-5-18(6-8-19)13-24(34)22(15-26(2,3)4)29-25(35)12-9-20-14-21(27)10-11-23(20)32-16-28-30-31-32/h5-12,14,16,22H,13,15H2,1-4H3,(H,29,35)/b12-9+/t22-/m0/s1. The van der Waals surface area contributed by atoms with Crippen LogP contribution in [0.25, 0.3) is 11.8 Å². The van der Waals surface area contributed by atoms with E-state index in [9.17, 15) is 14.4 Å². The molecule has 0 aliphatic carbocycles. The normalized spacial score (nSPS) is 12.5. The number of halogens is 1. The van der Waals surface area contributed by atoms with Crippen molar-refractivity contribution in [2.75, 3.05) is 0 Å². The molecule has 182 valence electrons. The van der Waals surface area contributed by atoms with Crippen molar-refractivity contribution in [2.24, 2.45) is 5.41 Å². The Morgan fingerprint density at radius 2 is 1.83 bits per heavy atom. The number of Topliss-reactive ketones (excluding diaryl/α,β-unsaturated/α-hetero) is 2. The Balaban J connectivity index is 1.75. The van der Waals surface area contributed by atoms with Crippen LogP contribution in [0.15, 0.2) is 54.9 Å². The number of benzene rings is 2. The van der Waals surface area contributed by atoms with Crippen molar-refractivity contribution in [2.45, 2.75) is 46.6 Å². The summed E-state index contributed by atoms with van der Waals surface area (Å²) in [5, 5.41) is 14.5. The van der Waals surface area contributed by atoms with E-state index in [1.807, 2.05) is 20.8 Å². The monoisotopic (exact) mass is 493 g/mol. The van der Waals surface area contributed by atoms with Crippen molar-refractivity contribution in [3.05, 3.63) is 76.6 Å². The summed E-state index contributed by atoms with van der Waals surface area (Å²) in [6, 6.07) is 11.4. The highest BCUT2D eigenvalue weighted by Gasteiger charge is 2.26. The molecule has 35 heavy (non-hydrogen) atoms. The van der Waals surface area contributed by atoms with Crippen molar-refractivity contribution in [3.8, 4) is 5.69 Å². The first-order valence-electron chi connectivity index (χ1n) is 11.2. The van der Waals surface area contributed by atoms with Gasteiger partial charge in [-0.15, -0.1) is 5.10 Å². The molecular weight excluding hydrogens is 466 g/mol. The summed E-state index contributed by atoms with van der Waals surface area (Å²) >= 11 is 6.14. The lowest BCUT2D eigenvalue weighted by Gasteiger charge is -2.25. The van der Waals surface area contributed by atoms with Gasteiger partial charge in [0.25, 0.3) is 0 Å². The van der Waals surface area contributed by atoms with Crippen LogP contribution in [0.1, 0.15) is 55.6 Å². The van der Waals surface area contributed by atoms with Gasteiger partial charge in [0, 0.05) is 28.6 Å². The van der Waals surface area contributed by atoms with Crippen LogP contribution in [0.2, 0.25) is 5.02 Å². The molecule has 0 aliphatic heterocycles. The zero-order valence-electron chi connectivity index (χ0n) is 20.2. The summed E-state index contributed by atoms with van der Waals surface area (Å²) in [5.41, 5.74) is 2.49. The number of hydrogen-bond acceptors (Lipinski definition) is 6. The van der Waals surface area contributed by atoms with E-state index in [-0.39, 0.29) is 23.4 Å². The van der Waals surface area contributed by atoms with Crippen LogP contribution in [0, 0.1) is 5.41 Å². The minimum atomic E-state index is -0.669. The number of aromatic nitrogens is 4. The fourth-order valence-electron chi connectivity index (χ4n) is 3.56. The molecule has 9 heteroatoms. The Morgan fingerprint density at radius 3 is 2.43 bits per heavy atom. The minimum absolute atomic E-state index is 0.0320. The van der Waals surface area contributed by atoms with E-state index in [1.54, 1.807) is 48.5 Å². The van der Waals surface area contributed by atoms with Crippen molar-refractivity contribution in [1.29, 1.82) is 0 Å². The van der Waals surface area contributed by atoms with Crippen LogP contribution in [-0.4, -0.2) is 43.7 Å². The van der Waals surface area contributed by atoms with Gasteiger partial charge in [-0.25, -0.2) is 0 Å². The summed E-state index contributed by atoms with van der Waals surface area (Å²) in [6.07, 6.45) is 5.05. The molecule has 1 amide bonds. The van der Waals surface area contributed by atoms with Crippen molar-refractivity contribution in [3.63, 3.8) is 0 Å². The van der Waals surface area contributed by atoms with E-state index in [4.69, 9.17) is 11.6 Å². The molecule has 1 atom stereocenters. The second-order valence-electron chi connectivity index (χ2n) is 9.51. The van der Waals surface area contributed by atoms with E-state index in [0.717, 1.165) is 5.56 Å². The lowest BCUT2D eigenvalue weighted by Crippen LogP contribution is -2.43. The van der Waals surface area contributed by atoms with Gasteiger partial charge >= 0.3 is 0 Å². The number of nitrogens with zero attached hydrogens (tertiary/aromatic N) is 4. The van der Waals surface area contributed by atoms with Crippen LogP contribution in [0.4, 0.5) is 0 Å². The summed E-state index contributed by atoms with van der Waals surface area (Å²) in [7, 11) is 0. The molecule has 0 unspecified atom stereocenters. The van der Waals surface area contributed by atoms with Crippen LogP contribution in [0.3, 0.4) is 0 Å². The number of hydrogen-bond donors (Lipinski definition) is 1. The number of carbonyl (C=O) groups excluding carboxylic acids is 3. The second kappa shape index (κ2) is 11.2. The number of carbonyl (C=O) groups is 3. The average molecular weight is 494 g/mol. The third-order valence-electron chi connectivity index (χ3n) is 5.26. The molecule has 0 saturated heterocycles. The number of rotatable bonds is 9. The van der Waals surface area contributed by atoms with Crippen LogP contribution >= 0.6 is 11.6 Å². The van der Waals surface area contributed by atoms with E-state index in [0.29, 0.717) is 28.3 Å². The Morgan fingerprint density at radius 1 is 1.11 bits per heavy atom. The zero-order chi connectivity index (χ0) is 25.6. The Labute approximate surface area is 209 Å². The van der Waals surface area contributed by atoms with Crippen molar-refractivity contribution >= 4 is 35.2 Å². The van der Waals surface area contributed by atoms with Gasteiger partial charge in [0.2, 0.25) is 5.91 Å². The van der Waals surface area contributed by atoms with Gasteiger partial charge < -0.3 is 5.32 Å². The molecule has 0 radical (unpaired) electrons. The largest absolute Gasteiger partial charge is 0.343 e. The topological polar surface area (TPSA) is 107 Å². The zero-order valence-corrected chi connectivity index (χ0v) is 20.9. The fraction of sp³-hybridized carbons (Fsp3) is 0.308. The third kappa shape index (κ3) is 7.68. The highest BCUT2D eigenvalue weighted by atomic mass is 35.5. The van der Waals surface area contributed by atoms with E-state index in [1.165, 1.54) is 24.0 Å². The quantitative estimate of drug-likeness (QED) is 0.352. The van der Waals surface area contributed by atoms with Gasteiger partial charge in [0.15, 0.2) is 11.6 Å². The fourth-order valence-corrected chi connectivity index (χ4v) is 3.74. The summed E-state index contributed by atoms with van der Waals surface area (Å²) in [6.45, 7) is 7.54. The highest BCUT2D eigenvalue weighted by molar-refractivity contribution is 6.30. The van der Waals surface area contributed by atoms with E-state index >= 15 is 0 Å². The molecule has 0 aliphatic rings. The molecule has 0 bridgehead atoms. The second-order valence-corrected chi connectivity index (χ2v) is 9.95. The molecule has 8 nitrogen and oxygen atoms in total. The van der Waals surface area contributed by atoms with Crippen LogP contribution < -0.4 is 5.32 Å². The average Bonchev–Trinajstić information content (AvgIpc) is 3.31. The minimum Gasteiger partial charge on any atom is -0.343 e. The lowest BCUT2D eigenvalue weighted by atomic mass is 9.85. The van der Waals surface area contributed by atoms with Crippen molar-refractivity contribution < 1.29 is 14.4 Å². The highest BCUT2D eigenvalue weighted by Crippen LogP contribution is 2.23. The van der Waals surface area contributed by atoms with E-state index in [2.05, 4.69) is 20.8 Å². The first-order valence-corrected chi connectivity index (χ1v) is 11.5. The van der Waals surface area contributed by atoms with Gasteiger partial charge in [-0.2, -0.15) is 4.68 Å². The third-order valence-corrected chi connectivity index (χ3v) is 5.50. The van der Waals surface area contributed by atoms with Crippen LogP contribution in [0.5, 0.6) is 0 Å². The van der Waals surface area contributed by atoms with Gasteiger partial charge in [-0.1, -0.05) is 56.6 Å². The molecule has 3 rings (SSSR count). The van der Waals surface area contributed by atoms with Crippen LogP contribution in [-0.2, 0) is 16.0 Å². The first kappa shape index (κ1) is 26.0. The summed E-state index contributed by atoms with van der Waals surface area (Å²) in [4.78, 5) is 37.4. The Bertz CT molecular complexity index is 1230. The SMILES string of the molecule is CC(=O)c1ccc(CC(=O)[C@H](CC(C)(C)C)NC(=O)/C=C/c2cc(Cl)ccc2-n2cnnn2)cc1. The number of tetrazole rings is 1. The predicted octanol–water partition coefficient (Wildman–Crippen LogP) is 4.26. The van der Waals surface area contributed by atoms with Gasteiger partial charge in [0.1, 0.15) is 6.33 Å². The first-order chi connectivity index (χ1) is 16.5. The number of ketones is 2. The molecule has 0 spiro atoms. The molecule has 0 saturated carbocycles. The Kier molecular flexibility index (Phi) is 8.30. The molecular formula is C26H28ClN5O3. The molecule has 1 aromatic heterocycles. The molecule has 1 N–H and O–H groups in total. The molecule has 3 aromatic rings. The van der Waals surface area contributed by atoms with Gasteiger partial charge in [-0.05, 0) is 59.0 Å². The molecule has 1 heterocycles. The number of nitrogens with one attached hydrogen (secondary N) is 1. The lowest BCUT2D eigenvalue weighted by molar-refractivity contribution is -0.125. The summed E-state index contributed by atoms with van der Waals surface area (Å²) < 4.78 is 1.47.